The number of rotatable bonds is 2. The molecule has 2 aliphatic carbocycles. The summed E-state index contributed by atoms with van der Waals surface area (Å²) in [7, 11) is 0. The molecule has 3 fully saturated rings. The van der Waals surface area contributed by atoms with Crippen molar-refractivity contribution in [1.82, 2.24) is 5.32 Å². The Morgan fingerprint density at radius 2 is 2.00 bits per heavy atom. The van der Waals surface area contributed by atoms with Gasteiger partial charge in [-0.25, -0.2) is 0 Å². The van der Waals surface area contributed by atoms with Crippen molar-refractivity contribution in [1.29, 1.82) is 0 Å². The van der Waals surface area contributed by atoms with Gasteiger partial charge in [0.15, 0.2) is 0 Å². The Morgan fingerprint density at radius 1 is 1.29 bits per heavy atom. The average Bonchev–Trinajstić information content (AvgIpc) is 3.01. The van der Waals surface area contributed by atoms with Gasteiger partial charge in [0.1, 0.15) is 0 Å². The van der Waals surface area contributed by atoms with Gasteiger partial charge < -0.3 is 10.1 Å². The summed E-state index contributed by atoms with van der Waals surface area (Å²) >= 11 is 6.05. The van der Waals surface area contributed by atoms with Gasteiger partial charge >= 0.3 is 0 Å². The van der Waals surface area contributed by atoms with Crippen LogP contribution in [0.15, 0.2) is 24.3 Å². The Hall–Kier alpha value is -1.06. The summed E-state index contributed by atoms with van der Waals surface area (Å²) in [6.45, 7) is 7.07. The zero-order chi connectivity index (χ0) is 17.1. The van der Waals surface area contributed by atoms with Crippen molar-refractivity contribution >= 4 is 17.5 Å². The van der Waals surface area contributed by atoms with Gasteiger partial charge in [-0.1, -0.05) is 37.6 Å². The van der Waals surface area contributed by atoms with E-state index in [4.69, 9.17) is 16.3 Å². The lowest BCUT2D eigenvalue weighted by molar-refractivity contribution is -0.135. The largest absolute Gasteiger partial charge is 0.373 e. The molecule has 1 spiro atoms. The Kier molecular flexibility index (Phi) is 3.74. The number of hydrogen-bond donors (Lipinski definition) is 1. The zero-order valence-electron chi connectivity index (χ0n) is 14.6. The van der Waals surface area contributed by atoms with Gasteiger partial charge in [-0.3, -0.25) is 4.79 Å². The highest BCUT2D eigenvalue weighted by Crippen LogP contribution is 2.70. The third-order valence-corrected chi connectivity index (χ3v) is 7.30. The highest BCUT2D eigenvalue weighted by molar-refractivity contribution is 6.30. The van der Waals surface area contributed by atoms with Gasteiger partial charge in [-0.05, 0) is 59.6 Å². The first kappa shape index (κ1) is 16.4. The third-order valence-electron chi connectivity index (χ3n) is 7.05. The average molecular weight is 348 g/mol. The van der Waals surface area contributed by atoms with E-state index in [1.807, 2.05) is 12.1 Å². The van der Waals surface area contributed by atoms with Crippen LogP contribution in [0.25, 0.3) is 0 Å². The van der Waals surface area contributed by atoms with Crippen LogP contribution in [0.2, 0.25) is 5.02 Å². The Balaban J connectivity index is 1.71. The summed E-state index contributed by atoms with van der Waals surface area (Å²) in [6.07, 6.45) is 3.57. The quantitative estimate of drug-likeness (QED) is 0.863. The van der Waals surface area contributed by atoms with E-state index in [0.29, 0.717) is 11.8 Å². The third kappa shape index (κ3) is 2.24. The van der Waals surface area contributed by atoms with Crippen molar-refractivity contribution in [3.63, 3.8) is 0 Å². The monoisotopic (exact) mass is 347 g/mol. The molecule has 1 saturated heterocycles. The maximum absolute atomic E-state index is 11.9. The van der Waals surface area contributed by atoms with Crippen molar-refractivity contribution in [3.05, 3.63) is 34.9 Å². The first-order chi connectivity index (χ1) is 11.3. The fraction of sp³-hybridized carbons (Fsp3) is 0.650. The minimum atomic E-state index is 0.0864. The lowest BCUT2D eigenvalue weighted by Gasteiger charge is -2.53. The maximum atomic E-state index is 11.9. The first-order valence-electron chi connectivity index (χ1n) is 8.99. The molecule has 1 unspecified atom stereocenters. The molecule has 3 nitrogen and oxygen atoms in total. The van der Waals surface area contributed by atoms with Gasteiger partial charge in [0.05, 0.1) is 6.10 Å². The Labute approximate surface area is 149 Å². The summed E-state index contributed by atoms with van der Waals surface area (Å²) in [5.41, 5.74) is 1.54. The van der Waals surface area contributed by atoms with Crippen molar-refractivity contribution < 1.29 is 9.53 Å². The van der Waals surface area contributed by atoms with Crippen LogP contribution in [0, 0.1) is 22.7 Å². The molecular formula is C20H26ClNO2. The zero-order valence-corrected chi connectivity index (χ0v) is 15.4. The van der Waals surface area contributed by atoms with Gasteiger partial charge in [-0.2, -0.15) is 0 Å². The van der Waals surface area contributed by atoms with E-state index in [2.05, 4.69) is 31.3 Å². The molecule has 0 radical (unpaired) electrons. The molecule has 1 aromatic rings. The number of nitrogens with one attached hydrogen (secondary N) is 1. The molecule has 3 aliphatic rings. The summed E-state index contributed by atoms with van der Waals surface area (Å²) in [4.78, 5) is 11.9. The second-order valence-corrected chi connectivity index (χ2v) is 8.96. The number of benzene rings is 1. The van der Waals surface area contributed by atoms with E-state index in [1.54, 1.807) is 6.92 Å². The number of hydrogen-bond acceptors (Lipinski definition) is 2. The van der Waals surface area contributed by atoms with Crippen LogP contribution >= 0.6 is 11.6 Å². The van der Waals surface area contributed by atoms with Gasteiger partial charge in [0.2, 0.25) is 5.91 Å². The van der Waals surface area contributed by atoms with Crippen LogP contribution in [0.1, 0.15) is 51.7 Å². The molecule has 1 heterocycles. The van der Waals surface area contributed by atoms with Crippen LogP contribution in [0.4, 0.5) is 0 Å². The first-order valence-corrected chi connectivity index (χ1v) is 9.36. The van der Waals surface area contributed by atoms with Crippen molar-refractivity contribution in [3.8, 4) is 0 Å². The molecule has 130 valence electrons. The molecule has 2 bridgehead atoms. The Morgan fingerprint density at radius 3 is 2.67 bits per heavy atom. The smallest absolute Gasteiger partial charge is 0.217 e. The highest BCUT2D eigenvalue weighted by Gasteiger charge is 2.68. The highest BCUT2D eigenvalue weighted by atomic mass is 35.5. The van der Waals surface area contributed by atoms with E-state index in [0.717, 1.165) is 18.1 Å². The molecule has 4 heteroatoms. The fourth-order valence-electron chi connectivity index (χ4n) is 5.97. The van der Waals surface area contributed by atoms with E-state index in [9.17, 15) is 4.79 Å². The minimum Gasteiger partial charge on any atom is -0.373 e. The molecule has 1 aromatic carbocycles. The van der Waals surface area contributed by atoms with Crippen LogP contribution < -0.4 is 5.32 Å². The predicted molar refractivity (Wildman–Crippen MR) is 94.8 cm³/mol. The molecule has 4 rings (SSSR count). The second-order valence-electron chi connectivity index (χ2n) is 8.52. The number of carbonyl (C=O) groups excluding carboxylic acids is 1. The second kappa shape index (κ2) is 5.47. The number of ether oxygens (including phenoxy) is 1. The molecule has 1 amide bonds. The molecule has 0 aromatic heterocycles. The maximum Gasteiger partial charge on any atom is 0.217 e. The van der Waals surface area contributed by atoms with Crippen LogP contribution in [0.5, 0.6) is 0 Å². The van der Waals surface area contributed by atoms with Gasteiger partial charge in [-0.15, -0.1) is 0 Å². The van der Waals surface area contributed by atoms with E-state index >= 15 is 0 Å². The lowest BCUT2D eigenvalue weighted by atomic mass is 9.59. The molecule has 5 atom stereocenters. The summed E-state index contributed by atoms with van der Waals surface area (Å²) in [5.74, 6) is 1.21. The molecular weight excluding hydrogens is 322 g/mol. The van der Waals surface area contributed by atoms with E-state index < -0.39 is 0 Å². The molecule has 1 N–H and O–H groups in total. The molecule has 24 heavy (non-hydrogen) atoms. The minimum absolute atomic E-state index is 0.0864. The number of amides is 1. The predicted octanol–water partition coefficient (Wildman–Crippen LogP) is 4.36. The number of halogens is 1. The topological polar surface area (TPSA) is 38.3 Å². The normalized spacial score (nSPS) is 39.5. The Bertz CT molecular complexity index is 656. The van der Waals surface area contributed by atoms with Crippen LogP contribution in [0.3, 0.4) is 0 Å². The summed E-state index contributed by atoms with van der Waals surface area (Å²) in [5, 5.41) is 4.08. The number of carbonyl (C=O) groups is 1. The van der Waals surface area contributed by atoms with Gasteiger partial charge in [0, 0.05) is 24.6 Å². The van der Waals surface area contributed by atoms with E-state index in [1.165, 1.54) is 18.4 Å². The lowest BCUT2D eigenvalue weighted by Crippen LogP contribution is -2.58. The SMILES string of the molecule is CC(=O)N[C@H]1C(C)(C)[C@@H]2C[C@@H]3[C@@H](c4ccc(Cl)cc4)OCCC31C2. The fourth-order valence-corrected chi connectivity index (χ4v) is 6.10. The molecule has 2 saturated carbocycles. The van der Waals surface area contributed by atoms with Crippen LogP contribution in [-0.2, 0) is 9.53 Å². The van der Waals surface area contributed by atoms with Crippen molar-refractivity contribution in [2.45, 2.75) is 52.2 Å². The van der Waals surface area contributed by atoms with Crippen molar-refractivity contribution in [2.24, 2.45) is 22.7 Å². The summed E-state index contributed by atoms with van der Waals surface area (Å²) < 4.78 is 6.23. The van der Waals surface area contributed by atoms with Crippen LogP contribution in [-0.4, -0.2) is 18.6 Å². The van der Waals surface area contributed by atoms with Gasteiger partial charge in [0.25, 0.3) is 0 Å². The summed E-state index contributed by atoms with van der Waals surface area (Å²) in [6, 6.07) is 8.33. The standard InChI is InChI=1S/C20H26ClNO2/c1-12(23)22-18-19(2,3)14-10-16-17(13-4-6-15(21)7-5-13)24-9-8-20(16,18)11-14/h4-7,14,16-18H,8-11H2,1-3H3,(H,22,23)/t14-,16-,17-,18+,20?/m1/s1. The molecule has 1 aliphatic heterocycles. The van der Waals surface area contributed by atoms with Crippen molar-refractivity contribution in [2.75, 3.05) is 6.61 Å². The van der Waals surface area contributed by atoms with E-state index in [-0.39, 0.29) is 28.9 Å². The number of fused-ring (bicyclic) bond motifs is 1.